The Bertz CT molecular complexity index is 752. The summed E-state index contributed by atoms with van der Waals surface area (Å²) in [5.41, 5.74) is 1.93. The Labute approximate surface area is 117 Å². The number of nitrogens with zero attached hydrogens (tertiary/aromatic N) is 3. The van der Waals surface area contributed by atoms with Crippen LogP contribution >= 0.6 is 0 Å². The van der Waals surface area contributed by atoms with E-state index in [0.717, 1.165) is 11.1 Å². The van der Waals surface area contributed by atoms with Crippen molar-refractivity contribution in [2.24, 2.45) is 7.05 Å². The van der Waals surface area contributed by atoms with Crippen LogP contribution in [0.15, 0.2) is 35.5 Å². The Hall–Kier alpha value is -1.86. The summed E-state index contributed by atoms with van der Waals surface area (Å²) in [6.45, 7) is 0.718. The highest BCUT2D eigenvalue weighted by atomic mass is 32.2. The maximum absolute atomic E-state index is 12.5. The van der Waals surface area contributed by atoms with Gasteiger partial charge in [0.15, 0.2) is 0 Å². The van der Waals surface area contributed by atoms with Crippen LogP contribution < -0.4 is 0 Å². The zero-order chi connectivity index (χ0) is 14.3. The maximum atomic E-state index is 12.5. The quantitative estimate of drug-likeness (QED) is 0.891. The van der Waals surface area contributed by atoms with Crippen molar-refractivity contribution < 1.29 is 13.5 Å². The molecule has 0 saturated heterocycles. The number of phenols is 1. The molecule has 0 unspecified atom stereocenters. The Morgan fingerprint density at radius 3 is 2.80 bits per heavy atom. The van der Waals surface area contributed by atoms with Crippen LogP contribution in [-0.2, 0) is 30.0 Å². The van der Waals surface area contributed by atoms with Crippen molar-refractivity contribution in [3.63, 3.8) is 0 Å². The molecule has 0 amide bonds. The largest absolute Gasteiger partial charge is 0.508 e. The number of fused-ring (bicyclic) bond motifs is 1. The number of phenolic OH excluding ortho intramolecular Hbond substituents is 1. The fourth-order valence-corrected chi connectivity index (χ4v) is 3.81. The summed E-state index contributed by atoms with van der Waals surface area (Å²) in [6, 6.07) is 5.10. The number of rotatable bonds is 2. The molecule has 0 bridgehead atoms. The van der Waals surface area contributed by atoms with E-state index in [1.807, 2.05) is 6.07 Å². The lowest BCUT2D eigenvalue weighted by molar-refractivity contribution is 0.389. The second-order valence-electron chi connectivity index (χ2n) is 4.89. The maximum Gasteiger partial charge on any atom is 0.246 e. The monoisotopic (exact) mass is 293 g/mol. The van der Waals surface area contributed by atoms with Crippen molar-refractivity contribution >= 4 is 10.0 Å². The molecular formula is C13H15N3O3S. The molecule has 2 aromatic rings. The average Bonchev–Trinajstić information content (AvgIpc) is 2.85. The van der Waals surface area contributed by atoms with Crippen LogP contribution in [0.1, 0.15) is 11.1 Å². The number of sulfonamides is 1. The zero-order valence-electron chi connectivity index (χ0n) is 11.0. The van der Waals surface area contributed by atoms with Crippen molar-refractivity contribution in [2.75, 3.05) is 6.54 Å². The first-order chi connectivity index (χ1) is 9.46. The normalized spacial score (nSPS) is 16.1. The van der Waals surface area contributed by atoms with Crippen molar-refractivity contribution in [3.8, 4) is 5.75 Å². The first-order valence-corrected chi connectivity index (χ1v) is 7.70. The van der Waals surface area contributed by atoms with Crippen LogP contribution in [0.2, 0.25) is 0 Å². The number of hydrogen-bond acceptors (Lipinski definition) is 4. The molecule has 2 heterocycles. The minimum atomic E-state index is -3.53. The molecule has 1 aliphatic rings. The Morgan fingerprint density at radius 2 is 2.10 bits per heavy atom. The van der Waals surface area contributed by atoms with E-state index < -0.39 is 10.0 Å². The van der Waals surface area contributed by atoms with Gasteiger partial charge in [-0.25, -0.2) is 8.42 Å². The van der Waals surface area contributed by atoms with Crippen LogP contribution in [0.3, 0.4) is 0 Å². The number of aromatic nitrogens is 2. The van der Waals surface area contributed by atoms with Gasteiger partial charge in [0, 0.05) is 26.3 Å². The van der Waals surface area contributed by atoms with Gasteiger partial charge in [0.2, 0.25) is 10.0 Å². The summed E-state index contributed by atoms with van der Waals surface area (Å²) in [5.74, 6) is 0.157. The predicted octanol–water partition coefficient (Wildman–Crippen LogP) is 0.873. The summed E-state index contributed by atoms with van der Waals surface area (Å²) in [6.07, 6.45) is 3.50. The van der Waals surface area contributed by atoms with Crippen molar-refractivity contribution in [1.82, 2.24) is 14.1 Å². The molecule has 1 aromatic carbocycles. The lowest BCUT2D eigenvalue weighted by atomic mass is 10.0. The van der Waals surface area contributed by atoms with Crippen LogP contribution in [-0.4, -0.2) is 34.2 Å². The number of aryl methyl sites for hydroxylation is 1. The number of benzene rings is 1. The van der Waals surface area contributed by atoms with Gasteiger partial charge in [-0.2, -0.15) is 9.40 Å². The Balaban J connectivity index is 1.93. The minimum Gasteiger partial charge on any atom is -0.508 e. The van der Waals surface area contributed by atoms with E-state index in [9.17, 15) is 13.5 Å². The fourth-order valence-electron chi connectivity index (χ4n) is 2.40. The summed E-state index contributed by atoms with van der Waals surface area (Å²) in [4.78, 5) is 0.198. The lowest BCUT2D eigenvalue weighted by Gasteiger charge is -2.27. The average molecular weight is 293 g/mol. The van der Waals surface area contributed by atoms with E-state index in [1.54, 1.807) is 19.2 Å². The molecule has 6 nitrogen and oxygen atoms in total. The lowest BCUT2D eigenvalue weighted by Crippen LogP contribution is -2.35. The molecule has 0 radical (unpaired) electrons. The van der Waals surface area contributed by atoms with E-state index in [4.69, 9.17) is 0 Å². The van der Waals surface area contributed by atoms with Gasteiger partial charge < -0.3 is 5.11 Å². The second-order valence-corrected chi connectivity index (χ2v) is 6.83. The first kappa shape index (κ1) is 13.1. The molecular weight excluding hydrogens is 278 g/mol. The molecule has 3 rings (SSSR count). The van der Waals surface area contributed by atoms with Gasteiger partial charge in [0.05, 0.1) is 6.20 Å². The first-order valence-electron chi connectivity index (χ1n) is 6.26. The molecule has 0 saturated carbocycles. The Morgan fingerprint density at radius 1 is 1.30 bits per heavy atom. The van der Waals surface area contributed by atoms with E-state index in [2.05, 4.69) is 5.10 Å². The third kappa shape index (κ3) is 2.19. The molecule has 0 aliphatic carbocycles. The van der Waals surface area contributed by atoms with E-state index in [0.29, 0.717) is 13.0 Å². The van der Waals surface area contributed by atoms with Gasteiger partial charge in [-0.3, -0.25) is 4.68 Å². The third-order valence-corrected chi connectivity index (χ3v) is 5.28. The van der Waals surface area contributed by atoms with Gasteiger partial charge in [0.1, 0.15) is 10.6 Å². The highest BCUT2D eigenvalue weighted by Gasteiger charge is 2.29. The number of aromatic hydroxyl groups is 1. The summed E-state index contributed by atoms with van der Waals surface area (Å²) in [5, 5.41) is 13.4. The third-order valence-electron chi connectivity index (χ3n) is 3.49. The van der Waals surface area contributed by atoms with E-state index >= 15 is 0 Å². The number of hydrogen-bond donors (Lipinski definition) is 1. The predicted molar refractivity (Wildman–Crippen MR) is 72.6 cm³/mol. The van der Waals surface area contributed by atoms with Crippen molar-refractivity contribution in [3.05, 3.63) is 41.7 Å². The minimum absolute atomic E-state index is 0.157. The molecule has 106 valence electrons. The highest BCUT2D eigenvalue weighted by molar-refractivity contribution is 7.89. The summed E-state index contributed by atoms with van der Waals surface area (Å²) in [7, 11) is -1.85. The molecule has 0 spiro atoms. The van der Waals surface area contributed by atoms with Gasteiger partial charge in [-0.05, 0) is 29.7 Å². The molecule has 0 fully saturated rings. The fraction of sp³-hybridized carbons (Fsp3) is 0.308. The molecule has 1 aromatic heterocycles. The van der Waals surface area contributed by atoms with Gasteiger partial charge in [0.25, 0.3) is 0 Å². The molecule has 7 heteroatoms. The molecule has 20 heavy (non-hydrogen) atoms. The van der Waals surface area contributed by atoms with E-state index in [1.165, 1.54) is 21.4 Å². The van der Waals surface area contributed by atoms with Gasteiger partial charge in [-0.15, -0.1) is 0 Å². The smallest absolute Gasteiger partial charge is 0.246 e. The van der Waals surface area contributed by atoms with Crippen LogP contribution in [0.4, 0.5) is 0 Å². The van der Waals surface area contributed by atoms with Gasteiger partial charge in [-0.1, -0.05) is 6.07 Å². The SMILES string of the molecule is Cn1cc(S(=O)(=O)N2CCc3ccc(O)cc3C2)cn1. The van der Waals surface area contributed by atoms with Crippen LogP contribution in [0.5, 0.6) is 5.75 Å². The van der Waals surface area contributed by atoms with Crippen LogP contribution in [0.25, 0.3) is 0 Å². The van der Waals surface area contributed by atoms with Crippen molar-refractivity contribution in [1.29, 1.82) is 0 Å². The second kappa shape index (κ2) is 4.60. The van der Waals surface area contributed by atoms with Crippen molar-refractivity contribution in [2.45, 2.75) is 17.9 Å². The molecule has 0 atom stereocenters. The van der Waals surface area contributed by atoms with Crippen LogP contribution in [0, 0.1) is 0 Å². The van der Waals surface area contributed by atoms with E-state index in [-0.39, 0.29) is 17.2 Å². The molecule has 1 N–H and O–H groups in total. The summed E-state index contributed by atoms with van der Waals surface area (Å²) < 4.78 is 27.9. The van der Waals surface area contributed by atoms with Gasteiger partial charge >= 0.3 is 0 Å². The topological polar surface area (TPSA) is 75.4 Å². The Kier molecular flexibility index (Phi) is 3.02. The molecule has 1 aliphatic heterocycles. The standard InChI is InChI=1S/C13H15N3O3S/c1-15-9-13(7-14-15)20(18,19)16-5-4-10-2-3-12(17)6-11(10)8-16/h2-3,6-7,9,17H,4-5,8H2,1H3. The summed E-state index contributed by atoms with van der Waals surface area (Å²) >= 11 is 0. The zero-order valence-corrected chi connectivity index (χ0v) is 11.8. The highest BCUT2D eigenvalue weighted by Crippen LogP contribution is 2.26.